The van der Waals surface area contributed by atoms with Gasteiger partial charge in [0.15, 0.2) is 4.34 Å². The molecule has 156 valence electrons. The first-order chi connectivity index (χ1) is 15.1. The molecule has 8 nitrogen and oxygen atoms in total. The molecule has 1 N–H and O–H groups in total. The Kier molecular flexibility index (Phi) is 5.16. The molecule has 0 saturated carbocycles. The van der Waals surface area contributed by atoms with Gasteiger partial charge in [-0.05, 0) is 43.7 Å². The van der Waals surface area contributed by atoms with Crippen LogP contribution in [0.1, 0.15) is 18.3 Å². The molecule has 10 heteroatoms. The molecule has 0 aliphatic heterocycles. The van der Waals surface area contributed by atoms with Gasteiger partial charge in [0.05, 0.1) is 16.7 Å². The van der Waals surface area contributed by atoms with Crippen molar-refractivity contribution in [2.45, 2.75) is 30.5 Å². The summed E-state index contributed by atoms with van der Waals surface area (Å²) in [4.78, 5) is 12.8. The third kappa shape index (κ3) is 3.68. The van der Waals surface area contributed by atoms with Gasteiger partial charge < -0.3 is 5.32 Å². The number of thioether (sulfide) groups is 1. The van der Waals surface area contributed by atoms with Crippen molar-refractivity contribution in [1.82, 2.24) is 29.4 Å². The van der Waals surface area contributed by atoms with Crippen molar-refractivity contribution in [2.75, 3.05) is 5.32 Å². The molecule has 0 atom stereocenters. The van der Waals surface area contributed by atoms with Gasteiger partial charge in [-0.1, -0.05) is 47.4 Å². The molecule has 0 fully saturated rings. The first-order valence-electron chi connectivity index (χ1n) is 9.79. The molecule has 0 aliphatic rings. The lowest BCUT2D eigenvalue weighted by atomic mass is 10.2. The van der Waals surface area contributed by atoms with E-state index in [4.69, 9.17) is 0 Å². The fraction of sp³-hybridized carbons (Fsp3) is 0.190. The minimum Gasteiger partial charge on any atom is -0.330 e. The Morgan fingerprint density at radius 1 is 1.06 bits per heavy atom. The van der Waals surface area contributed by atoms with Crippen LogP contribution in [0.3, 0.4) is 0 Å². The zero-order valence-corrected chi connectivity index (χ0v) is 18.6. The number of hydrogen-bond donors (Lipinski definition) is 1. The summed E-state index contributed by atoms with van der Waals surface area (Å²) in [7, 11) is 0. The fourth-order valence-electron chi connectivity index (χ4n) is 3.48. The van der Waals surface area contributed by atoms with Gasteiger partial charge >= 0.3 is 0 Å². The van der Waals surface area contributed by atoms with E-state index in [1.807, 2.05) is 47.7 Å². The number of benzene rings is 2. The summed E-state index contributed by atoms with van der Waals surface area (Å²) in [6, 6.07) is 15.7. The van der Waals surface area contributed by atoms with Crippen molar-refractivity contribution in [3.05, 3.63) is 70.3 Å². The fourth-order valence-corrected chi connectivity index (χ4v) is 5.17. The van der Waals surface area contributed by atoms with Crippen molar-refractivity contribution in [2.24, 2.45) is 0 Å². The van der Waals surface area contributed by atoms with Crippen LogP contribution in [0.25, 0.3) is 16.7 Å². The summed E-state index contributed by atoms with van der Waals surface area (Å²) >= 11 is 3.04. The lowest BCUT2D eigenvalue weighted by Crippen LogP contribution is -2.22. The Morgan fingerprint density at radius 3 is 2.77 bits per heavy atom. The van der Waals surface area contributed by atoms with Crippen LogP contribution in [0.15, 0.2) is 57.7 Å². The van der Waals surface area contributed by atoms with Crippen molar-refractivity contribution >= 4 is 50.6 Å². The first kappa shape index (κ1) is 19.7. The topological polar surface area (TPSA) is 90.0 Å². The molecule has 0 aliphatic carbocycles. The molecule has 0 saturated heterocycles. The van der Waals surface area contributed by atoms with E-state index in [1.54, 1.807) is 16.3 Å². The van der Waals surface area contributed by atoms with Gasteiger partial charge in [0.2, 0.25) is 10.9 Å². The van der Waals surface area contributed by atoms with Crippen LogP contribution in [0.4, 0.5) is 10.8 Å². The lowest BCUT2D eigenvalue weighted by Gasteiger charge is -2.09. The van der Waals surface area contributed by atoms with E-state index >= 15 is 0 Å². The second-order valence-electron chi connectivity index (χ2n) is 6.97. The van der Waals surface area contributed by atoms with Crippen molar-refractivity contribution < 1.29 is 0 Å². The second kappa shape index (κ2) is 8.12. The lowest BCUT2D eigenvalue weighted by molar-refractivity contribution is 0.735. The molecule has 5 aromatic rings. The van der Waals surface area contributed by atoms with Crippen LogP contribution in [-0.4, -0.2) is 29.4 Å². The van der Waals surface area contributed by atoms with Crippen LogP contribution >= 0.6 is 23.1 Å². The second-order valence-corrected chi connectivity index (χ2v) is 9.17. The number of para-hydroxylation sites is 1. The maximum absolute atomic E-state index is 12.8. The van der Waals surface area contributed by atoms with Crippen LogP contribution in [0.5, 0.6) is 0 Å². The molecule has 3 aromatic heterocycles. The molecule has 0 amide bonds. The predicted molar refractivity (Wildman–Crippen MR) is 124 cm³/mol. The number of aryl methyl sites for hydroxylation is 2. The van der Waals surface area contributed by atoms with Gasteiger partial charge in [-0.25, -0.2) is 0 Å². The third-order valence-corrected chi connectivity index (χ3v) is 6.86. The smallest absolute Gasteiger partial charge is 0.262 e. The van der Waals surface area contributed by atoms with Gasteiger partial charge in [-0.2, -0.15) is 0 Å². The molecule has 31 heavy (non-hydrogen) atoms. The Hall–Kier alpha value is -3.24. The summed E-state index contributed by atoms with van der Waals surface area (Å²) < 4.78 is 4.44. The van der Waals surface area contributed by atoms with Crippen LogP contribution in [0.2, 0.25) is 0 Å². The highest BCUT2D eigenvalue weighted by atomic mass is 32.2. The van der Waals surface area contributed by atoms with Crippen molar-refractivity contribution in [1.29, 1.82) is 0 Å². The SMILES string of the molecule is CCn1c(=O)c2ccccc2n2c(CSc3nnc(Nc4cccc(C)c4)s3)nnc12. The van der Waals surface area contributed by atoms with E-state index in [0.29, 0.717) is 23.5 Å². The Labute approximate surface area is 186 Å². The van der Waals surface area contributed by atoms with Gasteiger partial charge in [-0.3, -0.25) is 13.8 Å². The number of nitrogens with one attached hydrogen (secondary N) is 1. The Bertz CT molecular complexity index is 1450. The van der Waals surface area contributed by atoms with E-state index < -0.39 is 0 Å². The number of hydrogen-bond acceptors (Lipinski definition) is 8. The number of aromatic nitrogens is 6. The Balaban J connectivity index is 1.43. The Morgan fingerprint density at radius 2 is 1.94 bits per heavy atom. The zero-order chi connectivity index (χ0) is 21.4. The molecular formula is C21H19N7OS2. The van der Waals surface area contributed by atoms with Crippen molar-refractivity contribution in [3.63, 3.8) is 0 Å². The monoisotopic (exact) mass is 449 g/mol. The van der Waals surface area contributed by atoms with E-state index in [0.717, 1.165) is 26.5 Å². The highest BCUT2D eigenvalue weighted by Gasteiger charge is 2.16. The molecule has 0 bridgehead atoms. The highest BCUT2D eigenvalue weighted by Crippen LogP contribution is 2.30. The summed E-state index contributed by atoms with van der Waals surface area (Å²) in [5.41, 5.74) is 2.93. The first-order valence-corrected chi connectivity index (χ1v) is 11.6. The predicted octanol–water partition coefficient (Wildman–Crippen LogP) is 4.26. The molecule has 2 aromatic carbocycles. The van der Waals surface area contributed by atoms with Crippen LogP contribution in [0, 0.1) is 6.92 Å². The number of nitrogens with zero attached hydrogens (tertiary/aromatic N) is 6. The standard InChI is InChI=1S/C21H19N7OS2/c1-3-27-18(29)15-9-4-5-10-16(15)28-17(23-25-20(27)28)12-30-21-26-24-19(31-21)22-14-8-6-7-13(2)11-14/h4-11H,3,12H2,1-2H3,(H,22,24). The molecule has 5 rings (SSSR count). The van der Waals surface area contributed by atoms with E-state index in [-0.39, 0.29) is 5.56 Å². The number of anilines is 2. The minimum atomic E-state index is -0.0480. The summed E-state index contributed by atoms with van der Waals surface area (Å²) in [5, 5.41) is 21.9. The maximum Gasteiger partial charge on any atom is 0.262 e. The summed E-state index contributed by atoms with van der Waals surface area (Å²) in [6.45, 7) is 4.52. The summed E-state index contributed by atoms with van der Waals surface area (Å²) in [5.74, 6) is 1.88. The van der Waals surface area contributed by atoms with E-state index in [9.17, 15) is 4.79 Å². The van der Waals surface area contributed by atoms with E-state index in [1.165, 1.54) is 16.9 Å². The van der Waals surface area contributed by atoms with Crippen LogP contribution < -0.4 is 10.9 Å². The molecule has 0 spiro atoms. The van der Waals surface area contributed by atoms with Gasteiger partial charge in [0.1, 0.15) is 5.82 Å². The van der Waals surface area contributed by atoms with Crippen LogP contribution in [-0.2, 0) is 12.3 Å². The largest absolute Gasteiger partial charge is 0.330 e. The summed E-state index contributed by atoms with van der Waals surface area (Å²) in [6.07, 6.45) is 0. The zero-order valence-electron chi connectivity index (χ0n) is 16.9. The number of rotatable bonds is 6. The molecule has 3 heterocycles. The van der Waals surface area contributed by atoms with Crippen molar-refractivity contribution in [3.8, 4) is 0 Å². The molecular weight excluding hydrogens is 430 g/mol. The quantitative estimate of drug-likeness (QED) is 0.387. The molecule has 0 radical (unpaired) electrons. The van der Waals surface area contributed by atoms with E-state index in [2.05, 4.69) is 44.8 Å². The minimum absolute atomic E-state index is 0.0480. The van der Waals surface area contributed by atoms with Gasteiger partial charge in [0, 0.05) is 12.2 Å². The molecule has 0 unspecified atom stereocenters. The number of fused-ring (bicyclic) bond motifs is 3. The highest BCUT2D eigenvalue weighted by molar-refractivity contribution is 8.00. The normalized spacial score (nSPS) is 11.4. The third-order valence-electron chi connectivity index (χ3n) is 4.89. The van der Waals surface area contributed by atoms with Gasteiger partial charge in [-0.15, -0.1) is 20.4 Å². The average Bonchev–Trinajstić information content (AvgIpc) is 3.40. The average molecular weight is 450 g/mol. The maximum atomic E-state index is 12.8. The van der Waals surface area contributed by atoms with Gasteiger partial charge in [0.25, 0.3) is 5.56 Å².